The summed E-state index contributed by atoms with van der Waals surface area (Å²) >= 11 is 0. The van der Waals surface area contributed by atoms with Crippen LogP contribution in [0.25, 0.3) is 0 Å². The van der Waals surface area contributed by atoms with Crippen molar-refractivity contribution in [2.24, 2.45) is 4.99 Å². The Labute approximate surface area is 115 Å². The molecule has 0 atom stereocenters. The second-order valence-electron chi connectivity index (χ2n) is 5.66. The Hall–Kier alpha value is -1.96. The quantitative estimate of drug-likeness (QED) is 0.758. The third-order valence-electron chi connectivity index (χ3n) is 3.00. The minimum atomic E-state index is 0.198. The molecule has 19 heavy (non-hydrogen) atoms. The summed E-state index contributed by atoms with van der Waals surface area (Å²) in [5.41, 5.74) is 3.66. The first-order valence-electron chi connectivity index (χ1n) is 6.56. The number of pyridine rings is 1. The molecular formula is C17H20N2. The van der Waals surface area contributed by atoms with Crippen LogP contribution in [0.2, 0.25) is 0 Å². The highest BCUT2D eigenvalue weighted by Gasteiger charge is 2.12. The Balaban J connectivity index is 2.00. The van der Waals surface area contributed by atoms with Crippen molar-refractivity contribution >= 4 is 6.21 Å². The summed E-state index contributed by atoms with van der Waals surface area (Å²) in [4.78, 5) is 8.66. The van der Waals surface area contributed by atoms with E-state index in [4.69, 9.17) is 0 Å². The Morgan fingerprint density at radius 3 is 2.37 bits per heavy atom. The van der Waals surface area contributed by atoms with Gasteiger partial charge in [0.25, 0.3) is 0 Å². The molecule has 0 unspecified atom stereocenters. The minimum absolute atomic E-state index is 0.198. The molecule has 0 N–H and O–H groups in total. The van der Waals surface area contributed by atoms with Crippen LogP contribution < -0.4 is 0 Å². The van der Waals surface area contributed by atoms with E-state index in [2.05, 4.69) is 55.0 Å². The lowest BCUT2D eigenvalue weighted by atomic mass is 9.87. The van der Waals surface area contributed by atoms with Crippen LogP contribution in [0.15, 0.2) is 53.7 Å². The van der Waals surface area contributed by atoms with Crippen molar-refractivity contribution in [3.8, 4) is 0 Å². The van der Waals surface area contributed by atoms with Crippen LogP contribution in [0.1, 0.15) is 37.6 Å². The van der Waals surface area contributed by atoms with Crippen molar-refractivity contribution in [2.45, 2.75) is 32.7 Å². The number of hydrogen-bond donors (Lipinski definition) is 0. The zero-order chi connectivity index (χ0) is 13.7. The molecule has 1 heterocycles. The average molecular weight is 252 g/mol. The molecule has 0 spiro atoms. The van der Waals surface area contributed by atoms with E-state index in [1.165, 1.54) is 5.56 Å². The Morgan fingerprint density at radius 1 is 1.05 bits per heavy atom. The molecule has 0 bridgehead atoms. The number of aromatic nitrogens is 1. The van der Waals surface area contributed by atoms with Crippen molar-refractivity contribution in [3.63, 3.8) is 0 Å². The van der Waals surface area contributed by atoms with Crippen molar-refractivity contribution in [2.75, 3.05) is 0 Å². The molecule has 0 saturated carbocycles. The molecule has 0 saturated heterocycles. The van der Waals surface area contributed by atoms with Crippen LogP contribution in [0.3, 0.4) is 0 Å². The third-order valence-corrected chi connectivity index (χ3v) is 3.00. The van der Waals surface area contributed by atoms with Gasteiger partial charge in [-0.05, 0) is 28.7 Å². The maximum absolute atomic E-state index is 4.42. The highest BCUT2D eigenvalue weighted by atomic mass is 14.8. The molecule has 2 rings (SSSR count). The molecule has 0 aliphatic rings. The average Bonchev–Trinajstić information content (AvgIpc) is 2.39. The lowest BCUT2D eigenvalue weighted by molar-refractivity contribution is 0.590. The largest absolute Gasteiger partial charge is 0.286 e. The van der Waals surface area contributed by atoms with Crippen LogP contribution in [-0.4, -0.2) is 11.2 Å². The Kier molecular flexibility index (Phi) is 4.10. The van der Waals surface area contributed by atoms with E-state index in [0.717, 1.165) is 11.3 Å². The Bertz CT molecular complexity index is 534. The second-order valence-corrected chi connectivity index (χ2v) is 5.66. The maximum Gasteiger partial charge on any atom is 0.0811 e. The topological polar surface area (TPSA) is 25.2 Å². The normalized spacial score (nSPS) is 11.9. The van der Waals surface area contributed by atoms with E-state index in [9.17, 15) is 0 Å². The van der Waals surface area contributed by atoms with Gasteiger partial charge >= 0.3 is 0 Å². The van der Waals surface area contributed by atoms with Gasteiger partial charge < -0.3 is 0 Å². The van der Waals surface area contributed by atoms with Crippen LogP contribution in [0, 0.1) is 0 Å². The number of hydrogen-bond acceptors (Lipinski definition) is 2. The van der Waals surface area contributed by atoms with Crippen molar-refractivity contribution < 1.29 is 0 Å². The summed E-state index contributed by atoms with van der Waals surface area (Å²) in [5.74, 6) is 0. The van der Waals surface area contributed by atoms with Gasteiger partial charge in [0.15, 0.2) is 0 Å². The van der Waals surface area contributed by atoms with Gasteiger partial charge in [-0.15, -0.1) is 0 Å². The summed E-state index contributed by atoms with van der Waals surface area (Å²) in [7, 11) is 0. The van der Waals surface area contributed by atoms with Gasteiger partial charge in [0.2, 0.25) is 0 Å². The fourth-order valence-corrected chi connectivity index (χ4v) is 1.81. The molecule has 2 aromatic rings. The molecule has 0 amide bonds. The van der Waals surface area contributed by atoms with Crippen LogP contribution in [-0.2, 0) is 12.0 Å². The molecule has 2 heteroatoms. The van der Waals surface area contributed by atoms with Crippen LogP contribution in [0.4, 0.5) is 0 Å². The molecule has 0 fully saturated rings. The number of benzene rings is 1. The van der Waals surface area contributed by atoms with Crippen LogP contribution >= 0.6 is 0 Å². The molecular weight excluding hydrogens is 232 g/mol. The number of nitrogens with zero attached hydrogens (tertiary/aromatic N) is 2. The highest BCUT2D eigenvalue weighted by Crippen LogP contribution is 2.21. The van der Waals surface area contributed by atoms with Gasteiger partial charge in [0.1, 0.15) is 0 Å². The van der Waals surface area contributed by atoms with Gasteiger partial charge in [-0.3, -0.25) is 9.98 Å². The molecule has 0 aliphatic carbocycles. The Morgan fingerprint density at radius 2 is 1.79 bits per heavy atom. The first-order chi connectivity index (χ1) is 9.05. The lowest BCUT2D eigenvalue weighted by Crippen LogP contribution is -2.10. The molecule has 1 aromatic carbocycles. The standard InChI is InChI=1S/C17H20N2/c1-17(2,3)15-9-7-14(8-10-15)12-18-13-16-6-4-5-11-19-16/h4-12H,13H2,1-3H3. The van der Waals surface area contributed by atoms with Crippen molar-refractivity contribution in [3.05, 3.63) is 65.5 Å². The lowest BCUT2D eigenvalue weighted by Gasteiger charge is -2.18. The van der Waals surface area contributed by atoms with Gasteiger partial charge in [0.05, 0.1) is 12.2 Å². The third kappa shape index (κ3) is 4.02. The van der Waals surface area contributed by atoms with Crippen molar-refractivity contribution in [1.82, 2.24) is 4.98 Å². The van der Waals surface area contributed by atoms with Crippen LogP contribution in [0.5, 0.6) is 0 Å². The molecule has 0 radical (unpaired) electrons. The molecule has 98 valence electrons. The number of aliphatic imine (C=N–C) groups is 1. The SMILES string of the molecule is CC(C)(C)c1ccc(C=NCc2ccccn2)cc1. The zero-order valence-corrected chi connectivity index (χ0v) is 11.8. The zero-order valence-electron chi connectivity index (χ0n) is 11.8. The minimum Gasteiger partial charge on any atom is -0.286 e. The summed E-state index contributed by atoms with van der Waals surface area (Å²) < 4.78 is 0. The van der Waals surface area contributed by atoms with E-state index in [0.29, 0.717) is 6.54 Å². The van der Waals surface area contributed by atoms with E-state index < -0.39 is 0 Å². The monoisotopic (exact) mass is 252 g/mol. The summed E-state index contributed by atoms with van der Waals surface area (Å²) in [5, 5.41) is 0. The fourth-order valence-electron chi connectivity index (χ4n) is 1.81. The maximum atomic E-state index is 4.42. The fraction of sp³-hybridized carbons (Fsp3) is 0.294. The second kappa shape index (κ2) is 5.79. The number of rotatable bonds is 3. The highest BCUT2D eigenvalue weighted by molar-refractivity contribution is 5.79. The molecule has 2 nitrogen and oxygen atoms in total. The molecule has 1 aromatic heterocycles. The van der Waals surface area contributed by atoms with Gasteiger partial charge in [-0.25, -0.2) is 0 Å². The van der Waals surface area contributed by atoms with Gasteiger partial charge in [-0.1, -0.05) is 51.1 Å². The first-order valence-corrected chi connectivity index (χ1v) is 6.56. The summed E-state index contributed by atoms with van der Waals surface area (Å²) in [6.07, 6.45) is 3.70. The predicted molar refractivity (Wildman–Crippen MR) is 80.7 cm³/mol. The summed E-state index contributed by atoms with van der Waals surface area (Å²) in [6.45, 7) is 7.29. The van der Waals surface area contributed by atoms with E-state index >= 15 is 0 Å². The van der Waals surface area contributed by atoms with Gasteiger partial charge in [-0.2, -0.15) is 0 Å². The van der Waals surface area contributed by atoms with E-state index in [1.54, 1.807) is 6.20 Å². The smallest absolute Gasteiger partial charge is 0.0811 e. The van der Waals surface area contributed by atoms with Gasteiger partial charge in [0, 0.05) is 12.4 Å². The summed E-state index contributed by atoms with van der Waals surface area (Å²) in [6, 6.07) is 14.4. The predicted octanol–water partition coefficient (Wildman–Crippen LogP) is 4.00. The molecule has 0 aliphatic heterocycles. The van der Waals surface area contributed by atoms with E-state index in [1.807, 2.05) is 24.4 Å². The van der Waals surface area contributed by atoms with E-state index in [-0.39, 0.29) is 5.41 Å². The van der Waals surface area contributed by atoms with Crippen molar-refractivity contribution in [1.29, 1.82) is 0 Å². The first kappa shape index (κ1) is 13.5.